The van der Waals surface area contributed by atoms with Crippen molar-refractivity contribution in [3.63, 3.8) is 0 Å². The first-order valence-corrected chi connectivity index (χ1v) is 10.1. The number of hydrogen-bond acceptors (Lipinski definition) is 8. The smallest absolute Gasteiger partial charge is 0.310 e. The number of hydrogen-bond donors (Lipinski definition) is 1. The summed E-state index contributed by atoms with van der Waals surface area (Å²) in [7, 11) is 1.57. The molecule has 0 aliphatic heterocycles. The van der Waals surface area contributed by atoms with Gasteiger partial charge in [-0.3, -0.25) is 4.79 Å². The van der Waals surface area contributed by atoms with E-state index < -0.39 is 5.60 Å². The van der Waals surface area contributed by atoms with Gasteiger partial charge in [0.15, 0.2) is 11.7 Å². The minimum absolute atomic E-state index is 0.103. The molecule has 4 aromatic rings. The van der Waals surface area contributed by atoms with E-state index in [0.29, 0.717) is 28.7 Å². The predicted octanol–water partition coefficient (Wildman–Crippen LogP) is 3.83. The Morgan fingerprint density at radius 1 is 1.25 bits per heavy atom. The van der Waals surface area contributed by atoms with Crippen LogP contribution in [-0.2, 0) is 16.0 Å². The number of ether oxygens (including phenoxy) is 2. The monoisotopic (exact) mass is 435 g/mol. The molecule has 9 nitrogen and oxygen atoms in total. The van der Waals surface area contributed by atoms with E-state index in [0.717, 1.165) is 22.4 Å². The average Bonchev–Trinajstić information content (AvgIpc) is 3.31. The fraction of sp³-hybridized carbons (Fsp3) is 0.304. The van der Waals surface area contributed by atoms with Crippen LogP contribution < -0.4 is 10.5 Å². The molecule has 0 aliphatic carbocycles. The molecule has 0 amide bonds. The number of aromatic nitrogens is 4. The van der Waals surface area contributed by atoms with Crippen molar-refractivity contribution in [2.24, 2.45) is 0 Å². The number of nitrogen functional groups attached to an aromatic ring is 1. The molecule has 9 heteroatoms. The van der Waals surface area contributed by atoms with Crippen LogP contribution in [0.4, 0.5) is 5.82 Å². The van der Waals surface area contributed by atoms with E-state index in [2.05, 4.69) is 15.1 Å². The van der Waals surface area contributed by atoms with E-state index in [1.54, 1.807) is 24.8 Å². The summed E-state index contributed by atoms with van der Waals surface area (Å²) in [5.74, 6) is 1.13. The highest BCUT2D eigenvalue weighted by Gasteiger charge is 2.21. The van der Waals surface area contributed by atoms with Crippen molar-refractivity contribution < 1.29 is 18.7 Å². The van der Waals surface area contributed by atoms with E-state index in [1.165, 1.54) is 6.33 Å². The zero-order valence-corrected chi connectivity index (χ0v) is 18.7. The second kappa shape index (κ2) is 7.99. The van der Waals surface area contributed by atoms with E-state index in [4.69, 9.17) is 19.6 Å². The summed E-state index contributed by atoms with van der Waals surface area (Å²) in [5.41, 5.74) is 10.0. The van der Waals surface area contributed by atoms with Crippen LogP contribution >= 0.6 is 0 Å². The number of rotatable bonds is 5. The number of carbonyl (C=O) groups excluding carboxylic acids is 1. The third-order valence-corrected chi connectivity index (χ3v) is 4.82. The maximum Gasteiger partial charge on any atom is 0.310 e. The largest absolute Gasteiger partial charge is 0.496 e. The zero-order chi connectivity index (χ0) is 23.0. The Morgan fingerprint density at radius 3 is 2.69 bits per heavy atom. The van der Waals surface area contributed by atoms with Gasteiger partial charge in [-0.25, -0.2) is 14.5 Å². The van der Waals surface area contributed by atoms with Gasteiger partial charge in [0.2, 0.25) is 0 Å². The first-order valence-electron chi connectivity index (χ1n) is 10.1. The molecule has 4 rings (SSSR count). The molecule has 2 N–H and O–H groups in total. The number of aryl methyl sites for hydroxylation is 1. The lowest BCUT2D eigenvalue weighted by molar-refractivity contribution is -0.153. The highest BCUT2D eigenvalue weighted by Crippen LogP contribution is 2.36. The summed E-state index contributed by atoms with van der Waals surface area (Å²) in [6, 6.07) is 7.54. The van der Waals surface area contributed by atoms with Gasteiger partial charge in [-0.05, 0) is 38.5 Å². The average molecular weight is 435 g/mol. The van der Waals surface area contributed by atoms with Gasteiger partial charge in [0.05, 0.1) is 19.2 Å². The van der Waals surface area contributed by atoms with Crippen LogP contribution in [-0.4, -0.2) is 38.3 Å². The number of oxazole rings is 1. The lowest BCUT2D eigenvalue weighted by atomic mass is 10.0. The molecular weight excluding hydrogens is 410 g/mol. The molecule has 0 radical (unpaired) electrons. The maximum atomic E-state index is 12.3. The summed E-state index contributed by atoms with van der Waals surface area (Å²) < 4.78 is 18.1. The molecule has 0 saturated carbocycles. The van der Waals surface area contributed by atoms with Crippen molar-refractivity contribution >= 4 is 17.3 Å². The van der Waals surface area contributed by atoms with Gasteiger partial charge in [0.25, 0.3) is 0 Å². The van der Waals surface area contributed by atoms with Gasteiger partial charge in [-0.15, -0.1) is 0 Å². The van der Waals surface area contributed by atoms with Crippen molar-refractivity contribution in [1.82, 2.24) is 19.6 Å². The summed E-state index contributed by atoms with van der Waals surface area (Å²) in [6.07, 6.45) is 3.07. The minimum Gasteiger partial charge on any atom is -0.496 e. The number of esters is 1. The van der Waals surface area contributed by atoms with Crippen molar-refractivity contribution in [1.29, 1.82) is 0 Å². The SMILES string of the molecule is COc1cc(-c2cc(-c3coc(C)n3)n3ncnc(N)c23)ccc1CC(=O)OC(C)(C)C. The Bertz CT molecular complexity index is 1300. The number of fused-ring (bicyclic) bond motifs is 1. The van der Waals surface area contributed by atoms with Gasteiger partial charge < -0.3 is 19.6 Å². The third-order valence-electron chi connectivity index (χ3n) is 4.82. The molecule has 0 saturated heterocycles. The van der Waals surface area contributed by atoms with Crippen LogP contribution in [0.15, 0.2) is 41.3 Å². The lowest BCUT2D eigenvalue weighted by Crippen LogP contribution is -2.25. The molecule has 32 heavy (non-hydrogen) atoms. The van der Waals surface area contributed by atoms with Crippen molar-refractivity contribution in [2.45, 2.75) is 39.7 Å². The Balaban J connectivity index is 1.78. The number of nitrogens with two attached hydrogens (primary N) is 1. The molecular formula is C23H25N5O4. The van der Waals surface area contributed by atoms with Gasteiger partial charge in [0, 0.05) is 18.1 Å². The highest BCUT2D eigenvalue weighted by molar-refractivity contribution is 5.92. The van der Waals surface area contributed by atoms with E-state index in [-0.39, 0.29) is 12.4 Å². The predicted molar refractivity (Wildman–Crippen MR) is 119 cm³/mol. The Hall–Kier alpha value is -3.88. The lowest BCUT2D eigenvalue weighted by Gasteiger charge is -2.20. The second-order valence-electron chi connectivity index (χ2n) is 8.39. The zero-order valence-electron chi connectivity index (χ0n) is 18.7. The number of nitrogens with zero attached hydrogens (tertiary/aromatic N) is 4. The van der Waals surface area contributed by atoms with Crippen LogP contribution in [0.3, 0.4) is 0 Å². The second-order valence-corrected chi connectivity index (χ2v) is 8.39. The molecule has 3 heterocycles. The topological polar surface area (TPSA) is 118 Å². The van der Waals surface area contributed by atoms with E-state index >= 15 is 0 Å². The fourth-order valence-corrected chi connectivity index (χ4v) is 3.54. The summed E-state index contributed by atoms with van der Waals surface area (Å²) in [4.78, 5) is 20.9. The van der Waals surface area contributed by atoms with Crippen LogP contribution in [0.1, 0.15) is 32.2 Å². The summed E-state index contributed by atoms with van der Waals surface area (Å²) in [6.45, 7) is 7.29. The molecule has 166 valence electrons. The Morgan fingerprint density at radius 2 is 2.03 bits per heavy atom. The minimum atomic E-state index is -0.552. The summed E-state index contributed by atoms with van der Waals surface area (Å²) in [5, 5.41) is 4.36. The quantitative estimate of drug-likeness (QED) is 0.470. The van der Waals surface area contributed by atoms with E-state index in [9.17, 15) is 4.79 Å². The van der Waals surface area contributed by atoms with Crippen LogP contribution in [0.25, 0.3) is 28.0 Å². The van der Waals surface area contributed by atoms with Crippen LogP contribution in [0.5, 0.6) is 5.75 Å². The van der Waals surface area contributed by atoms with Crippen molar-refractivity contribution in [3.8, 4) is 28.3 Å². The van der Waals surface area contributed by atoms with Gasteiger partial charge in [0.1, 0.15) is 35.2 Å². The standard InChI is InChI=1S/C23H25N5O4/c1-13-27-17(11-31-13)18-10-16(21-22(24)25-12-26-28(18)21)14-6-7-15(19(8-14)30-5)9-20(29)32-23(2,3)4/h6-8,10-12H,9H2,1-5H3,(H2,24,25,26). The molecule has 0 aliphatic rings. The van der Waals surface area contributed by atoms with Gasteiger partial charge in [-0.2, -0.15) is 5.10 Å². The fourth-order valence-electron chi connectivity index (χ4n) is 3.54. The number of benzene rings is 1. The first kappa shape index (κ1) is 21.4. The highest BCUT2D eigenvalue weighted by atomic mass is 16.6. The maximum absolute atomic E-state index is 12.3. The van der Waals surface area contributed by atoms with E-state index in [1.807, 2.05) is 45.0 Å². The molecule has 0 fully saturated rings. The van der Waals surface area contributed by atoms with Gasteiger partial charge >= 0.3 is 5.97 Å². The Kier molecular flexibility index (Phi) is 5.33. The molecule has 3 aromatic heterocycles. The number of anilines is 1. The molecule has 0 unspecified atom stereocenters. The third kappa shape index (κ3) is 4.14. The van der Waals surface area contributed by atoms with Crippen molar-refractivity contribution in [2.75, 3.05) is 12.8 Å². The number of carbonyl (C=O) groups is 1. The van der Waals surface area contributed by atoms with Crippen LogP contribution in [0, 0.1) is 6.92 Å². The summed E-state index contributed by atoms with van der Waals surface area (Å²) >= 11 is 0. The normalized spacial score (nSPS) is 11.7. The molecule has 0 bridgehead atoms. The van der Waals surface area contributed by atoms with Crippen molar-refractivity contribution in [3.05, 3.63) is 48.3 Å². The van der Waals surface area contributed by atoms with Gasteiger partial charge in [-0.1, -0.05) is 12.1 Å². The van der Waals surface area contributed by atoms with Crippen LogP contribution in [0.2, 0.25) is 0 Å². The Labute approximate surface area is 185 Å². The number of methoxy groups -OCH3 is 1. The molecule has 0 atom stereocenters. The first-order chi connectivity index (χ1) is 15.2. The molecule has 0 spiro atoms. The molecule has 1 aromatic carbocycles.